The van der Waals surface area contributed by atoms with Gasteiger partial charge in [0.15, 0.2) is 0 Å². The third-order valence-electron chi connectivity index (χ3n) is 5.09. The molecule has 0 amide bonds. The average molecular weight is 481 g/mol. The minimum atomic E-state index is 1.04. The first-order valence-electron chi connectivity index (χ1n) is 11.5. The van der Waals surface area contributed by atoms with Crippen molar-refractivity contribution in [2.45, 2.75) is 22.6 Å². The van der Waals surface area contributed by atoms with E-state index in [4.69, 9.17) is 9.98 Å². The van der Waals surface area contributed by atoms with Crippen LogP contribution in [-0.2, 0) is 0 Å². The molecule has 0 bridgehead atoms. The van der Waals surface area contributed by atoms with Gasteiger partial charge in [-0.15, -0.1) is 23.5 Å². The monoisotopic (exact) mass is 480 g/mol. The second-order valence-corrected chi connectivity index (χ2v) is 9.95. The van der Waals surface area contributed by atoms with Gasteiger partial charge in [-0.3, -0.25) is 9.98 Å². The van der Waals surface area contributed by atoms with Gasteiger partial charge in [0.2, 0.25) is 0 Å². The molecular formula is C30H28N2S2. The summed E-state index contributed by atoms with van der Waals surface area (Å²) in [6, 6.07) is 37.3. The fourth-order valence-electron chi connectivity index (χ4n) is 3.31. The van der Waals surface area contributed by atoms with E-state index < -0.39 is 0 Å². The molecule has 0 spiro atoms. The zero-order valence-corrected chi connectivity index (χ0v) is 20.7. The lowest BCUT2D eigenvalue weighted by Crippen LogP contribution is -1.86. The van der Waals surface area contributed by atoms with Crippen LogP contribution in [0.2, 0.25) is 0 Å². The lowest BCUT2D eigenvalue weighted by atomic mass is 10.2. The van der Waals surface area contributed by atoms with Crippen LogP contribution in [0.3, 0.4) is 0 Å². The molecule has 4 aromatic carbocycles. The highest BCUT2D eigenvalue weighted by Crippen LogP contribution is 2.32. The van der Waals surface area contributed by atoms with Crippen LogP contribution in [0.4, 0.5) is 11.4 Å². The van der Waals surface area contributed by atoms with E-state index in [9.17, 15) is 0 Å². The number of nitrogens with zero attached hydrogens (tertiary/aromatic N) is 2. The largest absolute Gasteiger partial charge is 0.255 e. The van der Waals surface area contributed by atoms with E-state index in [1.54, 1.807) is 0 Å². The molecule has 4 heteroatoms. The summed E-state index contributed by atoms with van der Waals surface area (Å²) in [6.07, 6.45) is 6.22. The minimum Gasteiger partial charge on any atom is -0.255 e. The van der Waals surface area contributed by atoms with E-state index in [2.05, 4.69) is 72.8 Å². The SMILES string of the molecule is C(=Nc1ccccc1SCCCCSc1ccccc1N=Cc1ccccc1)c1ccccc1. The summed E-state index contributed by atoms with van der Waals surface area (Å²) in [5.74, 6) is 2.18. The Morgan fingerprint density at radius 2 is 0.853 bits per heavy atom. The normalized spacial score (nSPS) is 11.4. The van der Waals surface area contributed by atoms with E-state index in [1.807, 2.05) is 72.4 Å². The maximum atomic E-state index is 4.72. The van der Waals surface area contributed by atoms with Gasteiger partial charge in [-0.1, -0.05) is 84.9 Å². The molecule has 0 heterocycles. The summed E-state index contributed by atoms with van der Waals surface area (Å²) in [5.41, 5.74) is 4.31. The Bertz CT molecular complexity index is 1110. The first-order chi connectivity index (χ1) is 16.9. The molecule has 0 saturated carbocycles. The summed E-state index contributed by atoms with van der Waals surface area (Å²) in [7, 11) is 0. The minimum absolute atomic E-state index is 1.04. The van der Waals surface area contributed by atoms with Gasteiger partial charge in [0.1, 0.15) is 0 Å². The smallest absolute Gasteiger partial charge is 0.0765 e. The Kier molecular flexibility index (Phi) is 9.61. The number of benzene rings is 4. The lowest BCUT2D eigenvalue weighted by Gasteiger charge is -2.07. The van der Waals surface area contributed by atoms with Crippen molar-refractivity contribution >= 4 is 47.3 Å². The third kappa shape index (κ3) is 7.75. The zero-order chi connectivity index (χ0) is 23.3. The molecule has 4 aromatic rings. The number of para-hydroxylation sites is 2. The molecule has 0 atom stereocenters. The molecule has 0 aliphatic carbocycles. The van der Waals surface area contributed by atoms with Crippen LogP contribution in [0.15, 0.2) is 129 Å². The Labute approximate surface area is 211 Å². The van der Waals surface area contributed by atoms with Crippen molar-refractivity contribution in [2.24, 2.45) is 9.98 Å². The van der Waals surface area contributed by atoms with Crippen molar-refractivity contribution in [3.05, 3.63) is 120 Å². The van der Waals surface area contributed by atoms with E-state index in [0.717, 1.165) is 34.0 Å². The standard InChI is InChI=1S/C30H28N2S2/c1-3-13-25(14-4-1)23-31-27-17-7-9-19-29(27)33-21-11-12-22-34-30-20-10-8-18-28(30)32-24-26-15-5-2-6-16-26/h1-10,13-20,23-24H,11-12,21-22H2. The number of rotatable bonds is 11. The number of thioether (sulfide) groups is 2. The molecule has 0 aliphatic rings. The Morgan fingerprint density at radius 1 is 0.471 bits per heavy atom. The zero-order valence-electron chi connectivity index (χ0n) is 19.1. The van der Waals surface area contributed by atoms with Crippen molar-refractivity contribution in [3.63, 3.8) is 0 Å². The highest BCUT2D eigenvalue weighted by atomic mass is 32.2. The Morgan fingerprint density at radius 3 is 1.29 bits per heavy atom. The van der Waals surface area contributed by atoms with Crippen molar-refractivity contribution in [1.82, 2.24) is 0 Å². The molecule has 34 heavy (non-hydrogen) atoms. The molecule has 0 aromatic heterocycles. The molecule has 2 nitrogen and oxygen atoms in total. The number of hydrogen-bond acceptors (Lipinski definition) is 4. The summed E-state index contributed by atoms with van der Waals surface area (Å²) < 4.78 is 0. The maximum Gasteiger partial charge on any atom is 0.0765 e. The van der Waals surface area contributed by atoms with Crippen LogP contribution in [-0.4, -0.2) is 23.9 Å². The van der Waals surface area contributed by atoms with Gasteiger partial charge in [-0.05, 0) is 59.7 Å². The van der Waals surface area contributed by atoms with Crippen molar-refractivity contribution in [2.75, 3.05) is 11.5 Å². The van der Waals surface area contributed by atoms with E-state index in [0.29, 0.717) is 0 Å². The molecule has 0 fully saturated rings. The molecule has 0 N–H and O–H groups in total. The Hall–Kier alpha value is -3.08. The number of aliphatic imine (C=N–C) groups is 2. The molecule has 170 valence electrons. The molecule has 0 saturated heterocycles. The maximum absolute atomic E-state index is 4.72. The molecule has 0 aliphatic heterocycles. The van der Waals surface area contributed by atoms with Gasteiger partial charge in [0.25, 0.3) is 0 Å². The van der Waals surface area contributed by atoms with Crippen LogP contribution in [0.1, 0.15) is 24.0 Å². The number of unbranched alkanes of at least 4 members (excludes halogenated alkanes) is 1. The third-order valence-corrected chi connectivity index (χ3v) is 7.39. The van der Waals surface area contributed by atoms with E-state index in [1.165, 1.54) is 22.6 Å². The first kappa shape index (κ1) is 24.1. The summed E-state index contributed by atoms with van der Waals surface area (Å²) >= 11 is 3.78. The molecular weight excluding hydrogens is 452 g/mol. The second-order valence-electron chi connectivity index (χ2n) is 7.68. The second kappa shape index (κ2) is 13.6. The van der Waals surface area contributed by atoms with Crippen LogP contribution in [0.5, 0.6) is 0 Å². The molecule has 4 rings (SSSR count). The van der Waals surface area contributed by atoms with Gasteiger partial charge in [0, 0.05) is 22.2 Å². The van der Waals surface area contributed by atoms with Crippen LogP contribution < -0.4 is 0 Å². The average Bonchev–Trinajstić information content (AvgIpc) is 2.90. The van der Waals surface area contributed by atoms with Crippen LogP contribution in [0, 0.1) is 0 Å². The summed E-state index contributed by atoms with van der Waals surface area (Å²) in [4.78, 5) is 11.9. The molecule has 0 radical (unpaired) electrons. The van der Waals surface area contributed by atoms with Crippen molar-refractivity contribution < 1.29 is 0 Å². The first-order valence-corrected chi connectivity index (χ1v) is 13.5. The van der Waals surface area contributed by atoms with Crippen LogP contribution in [0.25, 0.3) is 0 Å². The van der Waals surface area contributed by atoms with E-state index >= 15 is 0 Å². The van der Waals surface area contributed by atoms with E-state index in [-0.39, 0.29) is 0 Å². The predicted molar refractivity (Wildman–Crippen MR) is 151 cm³/mol. The van der Waals surface area contributed by atoms with Gasteiger partial charge < -0.3 is 0 Å². The van der Waals surface area contributed by atoms with Gasteiger partial charge in [0.05, 0.1) is 11.4 Å². The van der Waals surface area contributed by atoms with Gasteiger partial charge >= 0.3 is 0 Å². The highest BCUT2D eigenvalue weighted by molar-refractivity contribution is 7.99. The summed E-state index contributed by atoms with van der Waals surface area (Å²) in [6.45, 7) is 0. The fraction of sp³-hybridized carbons (Fsp3) is 0.133. The summed E-state index contributed by atoms with van der Waals surface area (Å²) in [5, 5.41) is 0. The quantitative estimate of drug-likeness (QED) is 0.122. The molecule has 0 unspecified atom stereocenters. The van der Waals surface area contributed by atoms with Gasteiger partial charge in [-0.25, -0.2) is 0 Å². The Balaban J connectivity index is 1.24. The fourth-order valence-corrected chi connectivity index (χ4v) is 5.33. The van der Waals surface area contributed by atoms with Gasteiger partial charge in [-0.2, -0.15) is 0 Å². The highest BCUT2D eigenvalue weighted by Gasteiger charge is 2.03. The lowest BCUT2D eigenvalue weighted by molar-refractivity contribution is 0.907. The van der Waals surface area contributed by atoms with Crippen molar-refractivity contribution in [3.8, 4) is 0 Å². The predicted octanol–water partition coefficient (Wildman–Crippen LogP) is 8.85. The van der Waals surface area contributed by atoms with Crippen LogP contribution >= 0.6 is 23.5 Å². The topological polar surface area (TPSA) is 24.7 Å². The number of hydrogen-bond donors (Lipinski definition) is 0. The van der Waals surface area contributed by atoms with Crippen molar-refractivity contribution in [1.29, 1.82) is 0 Å².